The molecule has 0 saturated heterocycles. The number of nitrogens with zero attached hydrogens (tertiary/aromatic N) is 1. The quantitative estimate of drug-likeness (QED) is 0.635. The van der Waals surface area contributed by atoms with Crippen LogP contribution < -0.4 is 0 Å². The summed E-state index contributed by atoms with van der Waals surface area (Å²) in [5.41, 5.74) is 5.93. The van der Waals surface area contributed by atoms with E-state index in [0.717, 1.165) is 17.6 Å². The molecule has 3 rings (SSSR count). The van der Waals surface area contributed by atoms with Crippen LogP contribution in [0.1, 0.15) is 18.1 Å². The van der Waals surface area contributed by atoms with Crippen molar-refractivity contribution in [3.05, 3.63) is 65.7 Å². The number of hydrogen-bond acceptors (Lipinski definition) is 1. The molecule has 0 aliphatic carbocycles. The molecule has 1 heteroatoms. The van der Waals surface area contributed by atoms with Crippen LogP contribution in [0.15, 0.2) is 54.6 Å². The Labute approximate surface area is 113 Å². The Morgan fingerprint density at radius 2 is 1.68 bits per heavy atom. The first kappa shape index (κ1) is 11.9. The van der Waals surface area contributed by atoms with Crippen molar-refractivity contribution >= 4 is 10.9 Å². The normalized spacial score (nSPS) is 10.8. The fourth-order valence-electron chi connectivity index (χ4n) is 2.41. The van der Waals surface area contributed by atoms with Crippen LogP contribution in [0.3, 0.4) is 0 Å². The van der Waals surface area contributed by atoms with Gasteiger partial charge in [-0.15, -0.1) is 0 Å². The van der Waals surface area contributed by atoms with Gasteiger partial charge in [0.25, 0.3) is 0 Å². The Morgan fingerprint density at radius 3 is 2.42 bits per heavy atom. The van der Waals surface area contributed by atoms with Gasteiger partial charge in [-0.3, -0.25) is 0 Å². The number of aryl methyl sites for hydroxylation is 2. The summed E-state index contributed by atoms with van der Waals surface area (Å²) in [4.78, 5) is 4.80. The molecule has 0 spiro atoms. The van der Waals surface area contributed by atoms with Crippen LogP contribution in [0.4, 0.5) is 0 Å². The second-order valence-corrected chi connectivity index (χ2v) is 4.90. The van der Waals surface area contributed by atoms with Crippen LogP contribution in [0, 0.1) is 6.92 Å². The van der Waals surface area contributed by atoms with Crippen molar-refractivity contribution in [3.63, 3.8) is 0 Å². The minimum atomic E-state index is 1.06. The van der Waals surface area contributed by atoms with Crippen molar-refractivity contribution in [2.24, 2.45) is 0 Å². The molecule has 0 radical (unpaired) electrons. The zero-order valence-corrected chi connectivity index (χ0v) is 11.4. The van der Waals surface area contributed by atoms with Gasteiger partial charge in [0.1, 0.15) is 0 Å². The molecule has 0 N–H and O–H groups in total. The Balaban J connectivity index is 2.15. The first-order valence-corrected chi connectivity index (χ1v) is 6.73. The van der Waals surface area contributed by atoms with E-state index in [-0.39, 0.29) is 0 Å². The molecule has 0 saturated carbocycles. The first-order valence-electron chi connectivity index (χ1n) is 6.73. The highest BCUT2D eigenvalue weighted by atomic mass is 14.7. The van der Waals surface area contributed by atoms with Crippen LogP contribution >= 0.6 is 0 Å². The van der Waals surface area contributed by atoms with E-state index in [1.165, 1.54) is 22.1 Å². The van der Waals surface area contributed by atoms with Gasteiger partial charge in [-0.2, -0.15) is 0 Å². The van der Waals surface area contributed by atoms with Gasteiger partial charge in [0, 0.05) is 10.9 Å². The third kappa shape index (κ3) is 2.24. The lowest BCUT2D eigenvalue weighted by Gasteiger charge is -2.08. The summed E-state index contributed by atoms with van der Waals surface area (Å²) in [6.07, 6.45) is 1.07. The van der Waals surface area contributed by atoms with E-state index in [1.54, 1.807) is 0 Å². The highest BCUT2D eigenvalue weighted by Crippen LogP contribution is 2.25. The van der Waals surface area contributed by atoms with Gasteiger partial charge >= 0.3 is 0 Å². The number of fused-ring (bicyclic) bond motifs is 1. The van der Waals surface area contributed by atoms with E-state index in [4.69, 9.17) is 4.98 Å². The van der Waals surface area contributed by atoms with E-state index in [2.05, 4.69) is 62.4 Å². The van der Waals surface area contributed by atoms with E-state index in [9.17, 15) is 0 Å². The summed E-state index contributed by atoms with van der Waals surface area (Å²) in [5, 5.41) is 1.20. The fraction of sp³-hybridized carbons (Fsp3) is 0.167. The van der Waals surface area contributed by atoms with Gasteiger partial charge in [0.05, 0.1) is 11.2 Å². The maximum absolute atomic E-state index is 4.80. The monoisotopic (exact) mass is 247 g/mol. The predicted molar refractivity (Wildman–Crippen MR) is 81.3 cm³/mol. The molecule has 0 aliphatic rings. The zero-order chi connectivity index (χ0) is 13.2. The zero-order valence-electron chi connectivity index (χ0n) is 11.4. The second-order valence-electron chi connectivity index (χ2n) is 4.90. The Morgan fingerprint density at radius 1 is 0.947 bits per heavy atom. The van der Waals surface area contributed by atoms with Gasteiger partial charge in [-0.05, 0) is 36.6 Å². The number of aromatic nitrogens is 1. The van der Waals surface area contributed by atoms with Crippen molar-refractivity contribution in [2.45, 2.75) is 20.3 Å². The van der Waals surface area contributed by atoms with Gasteiger partial charge in [-0.25, -0.2) is 4.98 Å². The van der Waals surface area contributed by atoms with Crippen LogP contribution in [-0.4, -0.2) is 4.98 Å². The van der Waals surface area contributed by atoms with Crippen molar-refractivity contribution in [1.29, 1.82) is 0 Å². The van der Waals surface area contributed by atoms with Gasteiger partial charge < -0.3 is 0 Å². The van der Waals surface area contributed by atoms with Gasteiger partial charge in [0.15, 0.2) is 0 Å². The maximum Gasteiger partial charge on any atom is 0.0738 e. The molecule has 0 unspecified atom stereocenters. The van der Waals surface area contributed by atoms with Crippen molar-refractivity contribution in [3.8, 4) is 11.3 Å². The largest absolute Gasteiger partial charge is 0.248 e. The summed E-state index contributed by atoms with van der Waals surface area (Å²) >= 11 is 0. The number of hydrogen-bond donors (Lipinski definition) is 0. The summed E-state index contributed by atoms with van der Waals surface area (Å²) in [6.45, 7) is 4.30. The topological polar surface area (TPSA) is 12.9 Å². The van der Waals surface area contributed by atoms with Crippen LogP contribution in [0.2, 0.25) is 0 Å². The highest BCUT2D eigenvalue weighted by molar-refractivity contribution is 5.83. The molecule has 1 heterocycles. The molecule has 1 aromatic heterocycles. The summed E-state index contributed by atoms with van der Waals surface area (Å²) in [7, 11) is 0. The second kappa shape index (κ2) is 4.85. The number of para-hydroxylation sites is 1. The lowest BCUT2D eigenvalue weighted by atomic mass is 10.0. The average molecular weight is 247 g/mol. The van der Waals surface area contributed by atoms with Crippen molar-refractivity contribution in [2.75, 3.05) is 0 Å². The van der Waals surface area contributed by atoms with Gasteiger partial charge in [0.2, 0.25) is 0 Å². The molecule has 0 atom stereocenters. The Hall–Kier alpha value is -2.15. The highest BCUT2D eigenvalue weighted by Gasteiger charge is 2.05. The molecule has 0 fully saturated rings. The lowest BCUT2D eigenvalue weighted by molar-refractivity contribution is 1.14. The lowest BCUT2D eigenvalue weighted by Crippen LogP contribution is -1.90. The first-order chi connectivity index (χ1) is 9.28. The molecule has 3 aromatic rings. The van der Waals surface area contributed by atoms with E-state index >= 15 is 0 Å². The number of pyridine rings is 1. The number of benzene rings is 2. The smallest absolute Gasteiger partial charge is 0.0738 e. The number of rotatable bonds is 2. The predicted octanol–water partition coefficient (Wildman–Crippen LogP) is 4.77. The third-order valence-corrected chi connectivity index (χ3v) is 3.55. The SMILES string of the molecule is CCc1ccc(-c2nc3ccccc3cc2C)cc1. The molecule has 94 valence electrons. The molecule has 0 aliphatic heterocycles. The molecular formula is C18H17N. The Kier molecular flexibility index (Phi) is 3.04. The van der Waals surface area contributed by atoms with Crippen LogP contribution in [0.5, 0.6) is 0 Å². The molecule has 0 amide bonds. The van der Waals surface area contributed by atoms with Crippen LogP contribution in [0.25, 0.3) is 22.2 Å². The average Bonchev–Trinajstić information content (AvgIpc) is 2.47. The summed E-state index contributed by atoms with van der Waals surface area (Å²) < 4.78 is 0. The molecule has 0 bridgehead atoms. The van der Waals surface area contributed by atoms with Crippen molar-refractivity contribution in [1.82, 2.24) is 4.98 Å². The van der Waals surface area contributed by atoms with Gasteiger partial charge in [-0.1, -0.05) is 49.4 Å². The molecule has 19 heavy (non-hydrogen) atoms. The maximum atomic E-state index is 4.80. The standard InChI is InChI=1S/C18H17N/c1-3-14-8-10-15(11-9-14)18-13(2)12-16-6-4-5-7-17(16)19-18/h4-12H,3H2,1-2H3. The minimum Gasteiger partial charge on any atom is -0.248 e. The Bertz CT molecular complexity index is 711. The summed E-state index contributed by atoms with van der Waals surface area (Å²) in [6, 6.07) is 19.2. The molecule has 1 nitrogen and oxygen atoms in total. The third-order valence-electron chi connectivity index (χ3n) is 3.55. The minimum absolute atomic E-state index is 1.06. The fourth-order valence-corrected chi connectivity index (χ4v) is 2.41. The van der Waals surface area contributed by atoms with Crippen molar-refractivity contribution < 1.29 is 0 Å². The van der Waals surface area contributed by atoms with E-state index in [1.807, 2.05) is 6.07 Å². The summed E-state index contributed by atoms with van der Waals surface area (Å²) in [5.74, 6) is 0. The van der Waals surface area contributed by atoms with E-state index < -0.39 is 0 Å². The van der Waals surface area contributed by atoms with Crippen LogP contribution in [-0.2, 0) is 6.42 Å². The molecule has 2 aromatic carbocycles. The van der Waals surface area contributed by atoms with E-state index in [0.29, 0.717) is 0 Å². The molecular weight excluding hydrogens is 230 g/mol.